The van der Waals surface area contributed by atoms with Crippen LogP contribution in [0.15, 0.2) is 73.1 Å². The van der Waals surface area contributed by atoms with Gasteiger partial charge in [0.2, 0.25) is 0 Å². The quantitative estimate of drug-likeness (QED) is 0.446. The summed E-state index contributed by atoms with van der Waals surface area (Å²) in [7, 11) is 0. The van der Waals surface area contributed by atoms with Crippen LogP contribution in [-0.2, 0) is 6.18 Å². The van der Waals surface area contributed by atoms with Crippen LogP contribution in [0.3, 0.4) is 0 Å². The average Bonchev–Trinajstić information content (AvgIpc) is 3.21. The van der Waals surface area contributed by atoms with Crippen molar-refractivity contribution in [3.05, 3.63) is 90.3 Å². The first-order chi connectivity index (χ1) is 15.3. The predicted octanol–water partition coefficient (Wildman–Crippen LogP) is 4.86. The number of para-hydroxylation sites is 1. The number of anilines is 1. The van der Waals surface area contributed by atoms with Crippen LogP contribution in [0.1, 0.15) is 16.2 Å². The molecule has 162 valence electrons. The zero-order valence-corrected chi connectivity index (χ0v) is 16.0. The van der Waals surface area contributed by atoms with E-state index < -0.39 is 35.0 Å². The van der Waals surface area contributed by atoms with Gasteiger partial charge in [-0.05, 0) is 36.4 Å². The Balaban J connectivity index is 1.63. The summed E-state index contributed by atoms with van der Waals surface area (Å²) in [6.07, 6.45) is -1.97. The van der Waals surface area contributed by atoms with Crippen LogP contribution in [-0.4, -0.2) is 25.9 Å². The SMILES string of the molecule is O=C(Nc1cccc(Oc2ccncc2)c1)c1nnn(-c2ccccc2F)c1C(F)(F)F. The van der Waals surface area contributed by atoms with E-state index in [0.717, 1.165) is 12.1 Å². The molecule has 0 saturated heterocycles. The molecule has 1 N–H and O–H groups in total. The zero-order valence-electron chi connectivity index (χ0n) is 16.0. The molecule has 0 aliphatic heterocycles. The third kappa shape index (κ3) is 4.41. The molecule has 0 aliphatic rings. The molecule has 2 heterocycles. The molecule has 4 rings (SSSR count). The predicted molar refractivity (Wildman–Crippen MR) is 105 cm³/mol. The number of nitrogens with zero attached hydrogens (tertiary/aromatic N) is 4. The molecule has 0 spiro atoms. The van der Waals surface area contributed by atoms with Crippen molar-refractivity contribution in [2.45, 2.75) is 6.18 Å². The lowest BCUT2D eigenvalue weighted by Crippen LogP contribution is -2.21. The van der Waals surface area contributed by atoms with E-state index in [9.17, 15) is 22.4 Å². The number of amides is 1. The minimum absolute atomic E-state index is 0.162. The number of aromatic nitrogens is 4. The number of halogens is 4. The summed E-state index contributed by atoms with van der Waals surface area (Å²) in [4.78, 5) is 16.5. The van der Waals surface area contributed by atoms with Crippen molar-refractivity contribution in [1.29, 1.82) is 0 Å². The number of alkyl halides is 3. The zero-order chi connectivity index (χ0) is 22.7. The molecule has 32 heavy (non-hydrogen) atoms. The first kappa shape index (κ1) is 21.0. The van der Waals surface area contributed by atoms with Crippen molar-refractivity contribution in [2.75, 3.05) is 5.32 Å². The number of carbonyl (C=O) groups excluding carboxylic acids is 1. The molecule has 7 nitrogen and oxygen atoms in total. The van der Waals surface area contributed by atoms with E-state index in [-0.39, 0.29) is 10.4 Å². The molecular formula is C21H13F4N5O2. The van der Waals surface area contributed by atoms with Crippen LogP contribution < -0.4 is 10.1 Å². The Morgan fingerprint density at radius 2 is 1.72 bits per heavy atom. The summed E-state index contributed by atoms with van der Waals surface area (Å²) in [5, 5.41) is 9.06. The Kier molecular flexibility index (Phi) is 5.54. The second kappa shape index (κ2) is 8.46. The number of carbonyl (C=O) groups is 1. The maximum atomic E-state index is 14.0. The van der Waals surface area contributed by atoms with Gasteiger partial charge in [0.15, 0.2) is 11.4 Å². The van der Waals surface area contributed by atoms with Gasteiger partial charge in [-0.15, -0.1) is 5.10 Å². The summed E-state index contributed by atoms with van der Waals surface area (Å²) < 4.78 is 61.1. The third-order valence-electron chi connectivity index (χ3n) is 4.21. The van der Waals surface area contributed by atoms with Crippen LogP contribution in [0.5, 0.6) is 11.5 Å². The molecule has 0 atom stereocenters. The molecule has 0 unspecified atom stereocenters. The first-order valence-corrected chi connectivity index (χ1v) is 9.10. The largest absolute Gasteiger partial charge is 0.457 e. The fourth-order valence-corrected chi connectivity index (χ4v) is 2.85. The summed E-state index contributed by atoms with van der Waals surface area (Å²) in [5.74, 6) is -1.30. The Hall–Kier alpha value is -4.28. The number of hydrogen-bond donors (Lipinski definition) is 1. The highest BCUT2D eigenvalue weighted by molar-refractivity contribution is 6.03. The van der Waals surface area contributed by atoms with Crippen LogP contribution in [0, 0.1) is 5.82 Å². The summed E-state index contributed by atoms with van der Waals surface area (Å²) in [6, 6.07) is 14.0. The third-order valence-corrected chi connectivity index (χ3v) is 4.21. The van der Waals surface area contributed by atoms with E-state index in [0.29, 0.717) is 11.5 Å². The molecule has 0 fully saturated rings. The van der Waals surface area contributed by atoms with Crippen molar-refractivity contribution in [2.24, 2.45) is 0 Å². The van der Waals surface area contributed by atoms with Gasteiger partial charge in [0.05, 0.1) is 0 Å². The highest BCUT2D eigenvalue weighted by Gasteiger charge is 2.42. The maximum Gasteiger partial charge on any atom is 0.435 e. The second-order valence-corrected chi connectivity index (χ2v) is 6.41. The monoisotopic (exact) mass is 443 g/mol. The number of ether oxygens (including phenoxy) is 1. The van der Waals surface area contributed by atoms with Crippen LogP contribution in [0.4, 0.5) is 23.2 Å². The maximum absolute atomic E-state index is 14.0. The smallest absolute Gasteiger partial charge is 0.435 e. The average molecular weight is 443 g/mol. The standard InChI is InChI=1S/C21H13F4N5O2/c22-16-6-1-2-7-17(16)30-19(21(23,24)25)18(28-29-30)20(31)27-13-4-3-5-15(12-13)32-14-8-10-26-11-9-14/h1-12H,(H,27,31). The minimum Gasteiger partial charge on any atom is -0.457 e. The van der Waals surface area contributed by atoms with Gasteiger partial charge >= 0.3 is 6.18 Å². The molecule has 0 bridgehead atoms. The van der Waals surface area contributed by atoms with Gasteiger partial charge in [-0.2, -0.15) is 13.2 Å². The topological polar surface area (TPSA) is 81.9 Å². The molecule has 2 aromatic heterocycles. The van der Waals surface area contributed by atoms with E-state index in [2.05, 4.69) is 20.6 Å². The van der Waals surface area contributed by atoms with E-state index in [1.807, 2.05) is 0 Å². The molecule has 11 heteroatoms. The van der Waals surface area contributed by atoms with Gasteiger partial charge in [0.25, 0.3) is 5.91 Å². The molecule has 0 radical (unpaired) electrons. The van der Waals surface area contributed by atoms with Gasteiger partial charge in [0, 0.05) is 24.1 Å². The van der Waals surface area contributed by atoms with E-state index >= 15 is 0 Å². The molecule has 4 aromatic rings. The van der Waals surface area contributed by atoms with Crippen molar-refractivity contribution in [1.82, 2.24) is 20.0 Å². The van der Waals surface area contributed by atoms with E-state index in [1.165, 1.54) is 36.7 Å². The van der Waals surface area contributed by atoms with Crippen molar-refractivity contribution in [3.63, 3.8) is 0 Å². The molecule has 0 saturated carbocycles. The fraction of sp³-hybridized carbons (Fsp3) is 0.0476. The van der Waals surface area contributed by atoms with Crippen molar-refractivity contribution < 1.29 is 27.1 Å². The normalized spacial score (nSPS) is 11.2. The van der Waals surface area contributed by atoms with E-state index in [1.54, 1.807) is 24.3 Å². The number of pyridine rings is 1. The molecular weight excluding hydrogens is 430 g/mol. The van der Waals surface area contributed by atoms with Crippen LogP contribution >= 0.6 is 0 Å². The highest BCUT2D eigenvalue weighted by Crippen LogP contribution is 2.33. The number of nitrogens with one attached hydrogen (secondary N) is 1. The summed E-state index contributed by atoms with van der Waals surface area (Å²) in [6.45, 7) is 0. The Bertz CT molecular complexity index is 1260. The molecule has 0 aliphatic carbocycles. The lowest BCUT2D eigenvalue weighted by atomic mass is 10.2. The minimum atomic E-state index is -5.02. The Labute approximate surface area is 178 Å². The number of benzene rings is 2. The van der Waals surface area contributed by atoms with Crippen LogP contribution in [0.2, 0.25) is 0 Å². The highest BCUT2D eigenvalue weighted by atomic mass is 19.4. The van der Waals surface area contributed by atoms with Gasteiger partial charge in [-0.25, -0.2) is 9.07 Å². The number of rotatable bonds is 5. The lowest BCUT2D eigenvalue weighted by molar-refractivity contribution is -0.143. The van der Waals surface area contributed by atoms with Crippen molar-refractivity contribution >= 4 is 11.6 Å². The Morgan fingerprint density at radius 3 is 2.44 bits per heavy atom. The van der Waals surface area contributed by atoms with Gasteiger partial charge < -0.3 is 10.1 Å². The Morgan fingerprint density at radius 1 is 0.969 bits per heavy atom. The van der Waals surface area contributed by atoms with Gasteiger partial charge in [-0.3, -0.25) is 9.78 Å². The van der Waals surface area contributed by atoms with Crippen LogP contribution in [0.25, 0.3) is 5.69 Å². The van der Waals surface area contributed by atoms with E-state index in [4.69, 9.17) is 4.74 Å². The second-order valence-electron chi connectivity index (χ2n) is 6.41. The fourth-order valence-electron chi connectivity index (χ4n) is 2.85. The summed E-state index contributed by atoms with van der Waals surface area (Å²) in [5.41, 5.74) is -2.82. The number of hydrogen-bond acceptors (Lipinski definition) is 5. The molecule has 1 amide bonds. The van der Waals surface area contributed by atoms with Gasteiger partial charge in [0.1, 0.15) is 23.0 Å². The van der Waals surface area contributed by atoms with Crippen molar-refractivity contribution in [3.8, 4) is 17.2 Å². The summed E-state index contributed by atoms with van der Waals surface area (Å²) >= 11 is 0. The molecule has 2 aromatic carbocycles. The lowest BCUT2D eigenvalue weighted by Gasteiger charge is -2.12. The van der Waals surface area contributed by atoms with Gasteiger partial charge in [-0.1, -0.05) is 23.4 Å². The first-order valence-electron chi connectivity index (χ1n) is 9.10.